The number of nitrogens with one attached hydrogen (secondary N) is 1. The summed E-state index contributed by atoms with van der Waals surface area (Å²) >= 11 is 0. The third-order valence-corrected chi connectivity index (χ3v) is 8.65. The lowest BCUT2D eigenvalue weighted by molar-refractivity contribution is -0.122. The van der Waals surface area contributed by atoms with Crippen molar-refractivity contribution in [2.24, 2.45) is 17.8 Å². The van der Waals surface area contributed by atoms with Crippen LogP contribution in [0.1, 0.15) is 51.1 Å². The van der Waals surface area contributed by atoms with Crippen LogP contribution in [0, 0.1) is 17.8 Å². The van der Waals surface area contributed by atoms with Crippen LogP contribution in [0.4, 0.5) is 17.1 Å². The van der Waals surface area contributed by atoms with Crippen LogP contribution < -0.4 is 10.2 Å². The van der Waals surface area contributed by atoms with E-state index in [2.05, 4.69) is 19.2 Å². The van der Waals surface area contributed by atoms with Crippen LogP contribution in [-0.2, 0) is 20.9 Å². The Morgan fingerprint density at radius 2 is 1.76 bits per heavy atom. The summed E-state index contributed by atoms with van der Waals surface area (Å²) in [6.45, 7) is 4.55. The number of imide groups is 1. The van der Waals surface area contributed by atoms with Crippen molar-refractivity contribution < 1.29 is 23.8 Å². The number of aliphatic hydroxyl groups is 1. The van der Waals surface area contributed by atoms with E-state index < -0.39 is 0 Å². The number of rotatable bonds is 9. The number of hydrogen-bond donors (Lipinski definition) is 2. The third kappa shape index (κ3) is 5.27. The zero-order valence-corrected chi connectivity index (χ0v) is 23.5. The number of para-hydroxylation sites is 1. The maximum atomic E-state index is 13.8. The second-order valence-corrected chi connectivity index (χ2v) is 11.2. The molecule has 4 atom stereocenters. The van der Waals surface area contributed by atoms with E-state index in [1.807, 2.05) is 66.7 Å². The summed E-state index contributed by atoms with van der Waals surface area (Å²) < 4.78 is 11.9. The highest BCUT2D eigenvalue weighted by atomic mass is 16.5. The molecule has 0 unspecified atom stereocenters. The van der Waals surface area contributed by atoms with Crippen LogP contribution in [0.5, 0.6) is 0 Å². The first-order chi connectivity index (χ1) is 20.0. The smallest absolute Gasteiger partial charge is 0.238 e. The van der Waals surface area contributed by atoms with Gasteiger partial charge in [-0.15, -0.1) is 0 Å². The predicted molar refractivity (Wildman–Crippen MR) is 158 cm³/mol. The van der Waals surface area contributed by atoms with Gasteiger partial charge in [0.15, 0.2) is 0 Å². The predicted octanol–water partition coefficient (Wildman–Crippen LogP) is 6.63. The van der Waals surface area contributed by atoms with Gasteiger partial charge in [0, 0.05) is 17.3 Å². The molecule has 41 heavy (non-hydrogen) atoms. The topological polar surface area (TPSA) is 92.0 Å². The zero-order valence-electron chi connectivity index (χ0n) is 23.5. The Morgan fingerprint density at radius 3 is 2.46 bits per heavy atom. The Hall–Kier alpha value is -3.94. The van der Waals surface area contributed by atoms with E-state index in [4.69, 9.17) is 9.15 Å². The third-order valence-electron chi connectivity index (χ3n) is 8.65. The molecule has 2 N–H and O–H groups in total. The van der Waals surface area contributed by atoms with Gasteiger partial charge in [0.1, 0.15) is 18.1 Å². The minimum absolute atomic E-state index is 0.0517. The Balaban J connectivity index is 1.17. The summed E-state index contributed by atoms with van der Waals surface area (Å²) in [7, 11) is 0. The lowest BCUT2D eigenvalue weighted by atomic mass is 9.69. The maximum absolute atomic E-state index is 13.8. The summed E-state index contributed by atoms with van der Waals surface area (Å²) in [6.07, 6.45) is 5.04. The van der Waals surface area contributed by atoms with Crippen LogP contribution in [0.2, 0.25) is 0 Å². The van der Waals surface area contributed by atoms with E-state index >= 15 is 0 Å². The van der Waals surface area contributed by atoms with E-state index in [0.717, 1.165) is 42.0 Å². The van der Waals surface area contributed by atoms with Crippen molar-refractivity contribution in [3.63, 3.8) is 0 Å². The molecule has 6 rings (SSSR count). The summed E-state index contributed by atoms with van der Waals surface area (Å²) in [5.41, 5.74) is 6.16. The average Bonchev–Trinajstić information content (AvgIpc) is 3.69. The molecule has 7 nitrogen and oxygen atoms in total. The van der Waals surface area contributed by atoms with Crippen molar-refractivity contribution in [1.29, 1.82) is 0 Å². The highest BCUT2D eigenvalue weighted by Gasteiger charge is 2.57. The molecule has 3 aromatic rings. The fraction of sp³-hybridized carbons (Fsp3) is 0.353. The van der Waals surface area contributed by atoms with Gasteiger partial charge in [-0.3, -0.25) is 14.5 Å². The monoisotopic (exact) mass is 552 g/mol. The molecule has 0 radical (unpaired) electrons. The molecule has 2 saturated heterocycles. The lowest BCUT2D eigenvalue weighted by Gasteiger charge is -2.31. The van der Waals surface area contributed by atoms with Gasteiger partial charge in [-0.1, -0.05) is 36.3 Å². The number of anilines is 3. The summed E-state index contributed by atoms with van der Waals surface area (Å²) in [5, 5.41) is 12.6. The van der Waals surface area contributed by atoms with Gasteiger partial charge in [0.25, 0.3) is 0 Å². The molecule has 2 amide bonds. The molecular weight excluding hydrogens is 516 g/mol. The molecule has 3 aliphatic rings. The Morgan fingerprint density at radius 1 is 1.00 bits per heavy atom. The first-order valence-corrected chi connectivity index (χ1v) is 14.5. The van der Waals surface area contributed by atoms with E-state index in [0.29, 0.717) is 24.5 Å². The average molecular weight is 553 g/mol. The molecule has 7 heteroatoms. The summed E-state index contributed by atoms with van der Waals surface area (Å²) in [4.78, 5) is 28.9. The van der Waals surface area contributed by atoms with Crippen LogP contribution in [0.3, 0.4) is 0 Å². The fourth-order valence-corrected chi connectivity index (χ4v) is 6.68. The summed E-state index contributed by atoms with van der Waals surface area (Å²) in [5.74, 6) is 0.287. The van der Waals surface area contributed by atoms with Crippen molar-refractivity contribution in [1.82, 2.24) is 0 Å². The quantitative estimate of drug-likeness (QED) is 0.229. The van der Waals surface area contributed by atoms with Crippen molar-refractivity contribution in [3.8, 4) is 0 Å². The van der Waals surface area contributed by atoms with Crippen LogP contribution in [0.15, 0.2) is 87.9 Å². The standard InChI is InChI=1S/C34H36N2O5/c1-3-22-18-28-32(29-20-40-30(31(22)29)16-9-21(2)17-26-14-15-27(19-37)41-26)34(39)36(33(28)38)25-12-10-24(11-13-25)35-23-7-5-4-6-8-23/h4-8,10-15,17,28-30,32,35,37H,3,9,16,18-20H2,1-2H3/b21-17+/t28-,29+,30-,32-/m1/s1. The van der Waals surface area contributed by atoms with Gasteiger partial charge >= 0.3 is 0 Å². The van der Waals surface area contributed by atoms with Crippen molar-refractivity contribution in [2.75, 3.05) is 16.8 Å². The number of benzene rings is 2. The Labute approximate surface area is 240 Å². The lowest BCUT2D eigenvalue weighted by Crippen LogP contribution is -2.34. The number of aliphatic hydroxyl groups excluding tert-OH is 1. The largest absolute Gasteiger partial charge is 0.459 e. The van der Waals surface area contributed by atoms with Gasteiger partial charge in [-0.05, 0) is 92.8 Å². The number of allylic oxidation sites excluding steroid dienone is 2. The number of hydrogen-bond acceptors (Lipinski definition) is 6. The normalized spacial score (nSPS) is 24.2. The molecule has 0 spiro atoms. The van der Waals surface area contributed by atoms with E-state index in [1.165, 1.54) is 16.0 Å². The molecule has 2 aliphatic heterocycles. The molecule has 2 fully saturated rings. The maximum Gasteiger partial charge on any atom is 0.238 e. The van der Waals surface area contributed by atoms with Crippen LogP contribution >= 0.6 is 0 Å². The van der Waals surface area contributed by atoms with Crippen molar-refractivity contribution in [2.45, 2.75) is 52.2 Å². The fourth-order valence-electron chi connectivity index (χ4n) is 6.68. The number of carbonyl (C=O) groups excluding carboxylic acids is 2. The minimum atomic E-state index is -0.378. The van der Waals surface area contributed by atoms with Gasteiger partial charge in [0.05, 0.1) is 30.2 Å². The summed E-state index contributed by atoms with van der Waals surface area (Å²) in [6, 6.07) is 21.0. The Bertz CT molecular complexity index is 1490. The number of fused-ring (bicyclic) bond motifs is 3. The molecule has 0 saturated carbocycles. The zero-order chi connectivity index (χ0) is 28.5. The van der Waals surface area contributed by atoms with E-state index in [9.17, 15) is 14.7 Å². The number of ether oxygens (including phenoxy) is 1. The van der Waals surface area contributed by atoms with Gasteiger partial charge < -0.3 is 19.6 Å². The molecule has 1 aliphatic carbocycles. The van der Waals surface area contributed by atoms with Gasteiger partial charge in [0.2, 0.25) is 11.8 Å². The van der Waals surface area contributed by atoms with Gasteiger partial charge in [-0.25, -0.2) is 0 Å². The number of carbonyl (C=O) groups is 2. The van der Waals surface area contributed by atoms with E-state index in [1.54, 1.807) is 6.07 Å². The Kier molecular flexibility index (Phi) is 7.65. The molecule has 3 heterocycles. The van der Waals surface area contributed by atoms with E-state index in [-0.39, 0.29) is 42.3 Å². The molecule has 0 bridgehead atoms. The number of nitrogens with zero attached hydrogens (tertiary/aromatic N) is 1. The van der Waals surface area contributed by atoms with Gasteiger partial charge in [-0.2, -0.15) is 0 Å². The molecule has 212 valence electrons. The molecular formula is C34H36N2O5. The molecule has 1 aromatic heterocycles. The highest BCUT2D eigenvalue weighted by molar-refractivity contribution is 6.22. The first-order valence-electron chi connectivity index (χ1n) is 14.5. The number of furan rings is 1. The second kappa shape index (κ2) is 11.5. The molecule has 2 aromatic carbocycles. The minimum Gasteiger partial charge on any atom is -0.459 e. The van der Waals surface area contributed by atoms with Crippen molar-refractivity contribution in [3.05, 3.63) is 95.0 Å². The first kappa shape index (κ1) is 27.2. The second-order valence-electron chi connectivity index (χ2n) is 11.2. The van der Waals surface area contributed by atoms with Crippen molar-refractivity contribution >= 4 is 35.0 Å². The van der Waals surface area contributed by atoms with Crippen LogP contribution in [0.25, 0.3) is 6.08 Å². The van der Waals surface area contributed by atoms with Crippen LogP contribution in [-0.4, -0.2) is 29.6 Å². The number of amides is 2. The highest BCUT2D eigenvalue weighted by Crippen LogP contribution is 2.51. The SMILES string of the molecule is CCC1=C2[C@@H](CC/C(C)=C/c3ccc(CO)o3)OC[C@@H]2[C@@H]2C(=O)N(c3ccc(Nc4ccccc4)cc3)C(=O)[C@@H]2C1.